The fourth-order valence-corrected chi connectivity index (χ4v) is 2.37. The Bertz CT molecular complexity index is 468. The molecule has 1 heterocycles. The maximum atomic E-state index is 13.2. The summed E-state index contributed by atoms with van der Waals surface area (Å²) in [6.45, 7) is 4.60. The molecule has 1 atom stereocenters. The number of benzene rings is 1. The van der Waals surface area contributed by atoms with Crippen molar-refractivity contribution in [1.82, 2.24) is 5.32 Å². The molecule has 0 bridgehead atoms. The van der Waals surface area contributed by atoms with E-state index in [0.717, 1.165) is 12.8 Å². The Morgan fingerprint density at radius 2 is 2.21 bits per heavy atom. The first-order valence-electron chi connectivity index (χ1n) is 6.37. The minimum absolute atomic E-state index is 0.0424. The standard InChI is InChI=1S/C14H19FN2O2/c1-14(2)8-12(3-4-19-14)17-13(18)9-5-10(15)7-11(16)6-9/h5-7,12H,3-4,8,16H2,1-2H3,(H,17,18). The van der Waals surface area contributed by atoms with Crippen LogP contribution in [0, 0.1) is 5.82 Å². The summed E-state index contributed by atoms with van der Waals surface area (Å²) < 4.78 is 18.8. The smallest absolute Gasteiger partial charge is 0.251 e. The molecule has 2 rings (SSSR count). The van der Waals surface area contributed by atoms with Crippen LogP contribution in [0.25, 0.3) is 0 Å². The van der Waals surface area contributed by atoms with Crippen LogP contribution in [0.2, 0.25) is 0 Å². The third kappa shape index (κ3) is 3.67. The number of anilines is 1. The molecule has 0 aliphatic carbocycles. The van der Waals surface area contributed by atoms with Gasteiger partial charge in [0, 0.05) is 23.9 Å². The van der Waals surface area contributed by atoms with Gasteiger partial charge in [0.2, 0.25) is 0 Å². The van der Waals surface area contributed by atoms with Gasteiger partial charge in [-0.15, -0.1) is 0 Å². The molecule has 1 aromatic rings. The minimum atomic E-state index is -0.502. The molecule has 4 nitrogen and oxygen atoms in total. The Hall–Kier alpha value is -1.62. The number of amides is 1. The maximum Gasteiger partial charge on any atom is 0.251 e. The molecule has 1 aliphatic heterocycles. The van der Waals surface area contributed by atoms with Gasteiger partial charge in [-0.1, -0.05) is 0 Å². The van der Waals surface area contributed by atoms with E-state index in [-0.39, 0.29) is 28.8 Å². The first-order chi connectivity index (χ1) is 8.85. The molecule has 1 unspecified atom stereocenters. The third-order valence-corrected chi connectivity index (χ3v) is 3.21. The van der Waals surface area contributed by atoms with E-state index >= 15 is 0 Å². The highest BCUT2D eigenvalue weighted by molar-refractivity contribution is 5.95. The van der Waals surface area contributed by atoms with Gasteiger partial charge in [0.05, 0.1) is 5.60 Å². The van der Waals surface area contributed by atoms with Gasteiger partial charge in [0.15, 0.2) is 0 Å². The fourth-order valence-electron chi connectivity index (χ4n) is 2.37. The zero-order valence-corrected chi connectivity index (χ0v) is 11.2. The molecule has 3 N–H and O–H groups in total. The van der Waals surface area contributed by atoms with Crippen molar-refractivity contribution in [2.75, 3.05) is 12.3 Å². The van der Waals surface area contributed by atoms with E-state index in [9.17, 15) is 9.18 Å². The second kappa shape index (κ2) is 5.17. The Kier molecular flexibility index (Phi) is 3.75. The predicted molar refractivity (Wildman–Crippen MR) is 71.3 cm³/mol. The third-order valence-electron chi connectivity index (χ3n) is 3.21. The average Bonchev–Trinajstić information content (AvgIpc) is 2.26. The number of rotatable bonds is 2. The van der Waals surface area contributed by atoms with E-state index in [1.807, 2.05) is 13.8 Å². The molecule has 104 valence electrons. The summed E-state index contributed by atoms with van der Waals surface area (Å²) in [6.07, 6.45) is 1.50. The van der Waals surface area contributed by atoms with Crippen molar-refractivity contribution in [1.29, 1.82) is 0 Å². The van der Waals surface area contributed by atoms with Gasteiger partial charge in [0.25, 0.3) is 5.91 Å². The average molecular weight is 266 g/mol. The van der Waals surface area contributed by atoms with Gasteiger partial charge in [-0.05, 0) is 44.9 Å². The number of nitrogens with one attached hydrogen (secondary N) is 1. The molecule has 0 spiro atoms. The topological polar surface area (TPSA) is 64.4 Å². The molecule has 1 aromatic carbocycles. The molecular formula is C14H19FN2O2. The Morgan fingerprint density at radius 3 is 2.84 bits per heavy atom. The SMILES string of the molecule is CC1(C)CC(NC(=O)c2cc(N)cc(F)c2)CCO1. The molecule has 5 heteroatoms. The van der Waals surface area contributed by atoms with Crippen LogP contribution < -0.4 is 11.1 Å². The monoisotopic (exact) mass is 266 g/mol. The Balaban J connectivity index is 2.04. The number of halogens is 1. The zero-order valence-electron chi connectivity index (χ0n) is 11.2. The Morgan fingerprint density at radius 1 is 1.47 bits per heavy atom. The molecular weight excluding hydrogens is 247 g/mol. The first kappa shape index (κ1) is 13.8. The summed E-state index contributed by atoms with van der Waals surface area (Å²) in [5, 5.41) is 2.90. The van der Waals surface area contributed by atoms with Crippen molar-refractivity contribution in [3.8, 4) is 0 Å². The van der Waals surface area contributed by atoms with Crippen molar-refractivity contribution in [2.45, 2.75) is 38.3 Å². The van der Waals surface area contributed by atoms with Crippen LogP contribution in [0.5, 0.6) is 0 Å². The van der Waals surface area contributed by atoms with Gasteiger partial charge in [0.1, 0.15) is 5.82 Å². The molecule has 1 saturated heterocycles. The molecule has 19 heavy (non-hydrogen) atoms. The van der Waals surface area contributed by atoms with Crippen LogP contribution in [-0.4, -0.2) is 24.2 Å². The molecule has 1 aliphatic rings. The van der Waals surface area contributed by atoms with Crippen molar-refractivity contribution in [3.63, 3.8) is 0 Å². The highest BCUT2D eigenvalue weighted by atomic mass is 19.1. The van der Waals surface area contributed by atoms with Crippen LogP contribution in [-0.2, 0) is 4.74 Å². The molecule has 1 fully saturated rings. The summed E-state index contributed by atoms with van der Waals surface area (Å²) >= 11 is 0. The largest absolute Gasteiger partial charge is 0.399 e. The van der Waals surface area contributed by atoms with Crippen LogP contribution in [0.3, 0.4) is 0 Å². The van der Waals surface area contributed by atoms with Gasteiger partial charge >= 0.3 is 0 Å². The van der Waals surface area contributed by atoms with E-state index in [2.05, 4.69) is 5.32 Å². The quantitative estimate of drug-likeness (QED) is 0.806. The zero-order chi connectivity index (χ0) is 14.0. The van der Waals surface area contributed by atoms with Gasteiger partial charge in [-0.2, -0.15) is 0 Å². The second-order valence-electron chi connectivity index (χ2n) is 5.54. The number of hydrogen-bond donors (Lipinski definition) is 2. The second-order valence-corrected chi connectivity index (χ2v) is 5.54. The first-order valence-corrected chi connectivity index (χ1v) is 6.37. The number of ether oxygens (including phenoxy) is 1. The maximum absolute atomic E-state index is 13.2. The molecule has 0 saturated carbocycles. The van der Waals surface area contributed by atoms with Crippen molar-refractivity contribution in [2.24, 2.45) is 0 Å². The van der Waals surface area contributed by atoms with Crippen molar-refractivity contribution >= 4 is 11.6 Å². The van der Waals surface area contributed by atoms with Gasteiger partial charge < -0.3 is 15.8 Å². The van der Waals surface area contributed by atoms with Gasteiger partial charge in [-0.25, -0.2) is 4.39 Å². The lowest BCUT2D eigenvalue weighted by molar-refractivity contribution is -0.0615. The Labute approximate surface area is 112 Å². The summed E-state index contributed by atoms with van der Waals surface area (Å²) in [7, 11) is 0. The lowest BCUT2D eigenvalue weighted by Gasteiger charge is -2.35. The van der Waals surface area contributed by atoms with Crippen LogP contribution in [0.15, 0.2) is 18.2 Å². The number of nitrogens with two attached hydrogens (primary N) is 1. The van der Waals surface area contributed by atoms with E-state index in [1.165, 1.54) is 18.2 Å². The van der Waals surface area contributed by atoms with Crippen LogP contribution in [0.4, 0.5) is 10.1 Å². The summed E-state index contributed by atoms with van der Waals surface area (Å²) in [5.41, 5.74) is 5.79. The van der Waals surface area contributed by atoms with Crippen molar-refractivity contribution in [3.05, 3.63) is 29.6 Å². The van der Waals surface area contributed by atoms with Crippen molar-refractivity contribution < 1.29 is 13.9 Å². The lowest BCUT2D eigenvalue weighted by atomic mass is 9.94. The normalized spacial score (nSPS) is 21.9. The summed E-state index contributed by atoms with van der Waals surface area (Å²) in [6, 6.07) is 3.90. The fraction of sp³-hybridized carbons (Fsp3) is 0.500. The predicted octanol–water partition coefficient (Wildman–Crippen LogP) is 2.10. The van der Waals surface area contributed by atoms with E-state index in [1.54, 1.807) is 0 Å². The molecule has 0 radical (unpaired) electrons. The number of carbonyl (C=O) groups is 1. The summed E-state index contributed by atoms with van der Waals surface area (Å²) in [4.78, 5) is 12.1. The number of carbonyl (C=O) groups excluding carboxylic acids is 1. The highest BCUT2D eigenvalue weighted by Gasteiger charge is 2.29. The highest BCUT2D eigenvalue weighted by Crippen LogP contribution is 2.24. The van der Waals surface area contributed by atoms with E-state index in [4.69, 9.17) is 10.5 Å². The molecule has 0 aromatic heterocycles. The van der Waals surface area contributed by atoms with Crippen LogP contribution in [0.1, 0.15) is 37.0 Å². The number of hydrogen-bond acceptors (Lipinski definition) is 3. The van der Waals surface area contributed by atoms with Crippen LogP contribution >= 0.6 is 0 Å². The lowest BCUT2D eigenvalue weighted by Crippen LogP contribution is -2.45. The number of nitrogen functional groups attached to an aromatic ring is 1. The van der Waals surface area contributed by atoms with Gasteiger partial charge in [-0.3, -0.25) is 4.79 Å². The minimum Gasteiger partial charge on any atom is -0.399 e. The molecule has 1 amide bonds. The summed E-state index contributed by atoms with van der Waals surface area (Å²) in [5.74, 6) is -0.800. The van der Waals surface area contributed by atoms with E-state index in [0.29, 0.717) is 6.61 Å². The van der Waals surface area contributed by atoms with E-state index < -0.39 is 5.82 Å².